The maximum absolute atomic E-state index is 8.81. The standard InChI is InChI=1S/C18H19Br4O3P.2H2O.O.Ti/c1-2-3-4-5-10-23-26(24-17-8-6-13(19)11-15(17)21)25-18-9-7-14(20)12-16(18)22;;;;/h6-9,11-12H,2-5,10H2,1H3;2*1H2;;/q;;;;+2/p-2. The monoisotopic (exact) mass is 728 g/mol. The summed E-state index contributed by atoms with van der Waals surface area (Å²) in [6.07, 6.45) is 4.53. The molecule has 6 nitrogen and oxygen atoms in total. The molecule has 0 saturated heterocycles. The van der Waals surface area contributed by atoms with E-state index in [9.17, 15) is 0 Å². The molecule has 0 aliphatic carbocycles. The van der Waals surface area contributed by atoms with E-state index in [1.807, 2.05) is 36.4 Å². The average molecular weight is 732 g/mol. The van der Waals surface area contributed by atoms with E-state index in [0.717, 1.165) is 30.7 Å². The third-order valence-electron chi connectivity index (χ3n) is 3.33. The van der Waals surface area contributed by atoms with Gasteiger partial charge in [-0.15, -0.1) is 0 Å². The summed E-state index contributed by atoms with van der Waals surface area (Å²) in [4.78, 5) is 0. The molecule has 0 bridgehead atoms. The fraction of sp³-hybridized carbons (Fsp3) is 0.333. The Hall–Kier alpha value is 0.784. The fourth-order valence-electron chi connectivity index (χ4n) is 2.00. The van der Waals surface area contributed by atoms with Crippen LogP contribution in [0.2, 0.25) is 0 Å². The summed E-state index contributed by atoms with van der Waals surface area (Å²) in [6, 6.07) is 11.5. The fourth-order valence-corrected chi connectivity index (χ4v) is 5.57. The van der Waals surface area contributed by atoms with Gasteiger partial charge < -0.3 is 9.05 Å². The van der Waals surface area contributed by atoms with Crippen molar-refractivity contribution in [3.8, 4) is 11.5 Å². The molecule has 0 fully saturated rings. The topological polar surface area (TPSA) is 85.2 Å². The minimum atomic E-state index is -3.58. The molecule has 166 valence electrons. The van der Waals surface area contributed by atoms with Gasteiger partial charge in [-0.1, -0.05) is 58.0 Å². The molecule has 0 radical (unpaired) electrons. The van der Waals surface area contributed by atoms with Crippen molar-refractivity contribution < 1.29 is 42.9 Å². The first-order chi connectivity index (χ1) is 14.2. The van der Waals surface area contributed by atoms with Crippen LogP contribution in [-0.2, 0) is 26.5 Å². The zero-order valence-electron chi connectivity index (χ0n) is 16.0. The van der Waals surface area contributed by atoms with Gasteiger partial charge in [0.05, 0.1) is 15.6 Å². The molecule has 0 atom stereocenters. The van der Waals surface area contributed by atoms with Crippen LogP contribution in [0.25, 0.3) is 0 Å². The molecule has 0 aliphatic heterocycles. The Balaban J connectivity index is 0.00000103. The molecule has 0 amide bonds. The predicted molar refractivity (Wildman–Crippen MR) is 127 cm³/mol. The molecule has 12 heteroatoms. The molecular weight excluding hydrogens is 711 g/mol. The Bertz CT molecular complexity index is 757. The summed E-state index contributed by atoms with van der Waals surface area (Å²) >= 11 is 10.3. The predicted octanol–water partition coefficient (Wildman–Crippen LogP) is 7.78. The van der Waals surface area contributed by atoms with Gasteiger partial charge in [0, 0.05) is 8.95 Å². The van der Waals surface area contributed by atoms with Crippen molar-refractivity contribution in [3.63, 3.8) is 0 Å². The maximum atomic E-state index is 8.81. The van der Waals surface area contributed by atoms with Crippen LogP contribution in [-0.4, -0.2) is 14.0 Å². The number of rotatable bonds is 10. The molecule has 0 saturated carbocycles. The molecule has 2 aromatic carbocycles. The van der Waals surface area contributed by atoms with Gasteiger partial charge in [-0.2, -0.15) is 0 Å². The molecule has 0 heterocycles. The number of unbranched alkanes of at least 4 members (excludes halogenated alkanes) is 3. The summed E-state index contributed by atoms with van der Waals surface area (Å²) in [7, 11) is -1.58. The van der Waals surface area contributed by atoms with E-state index in [1.54, 1.807) is 0 Å². The van der Waals surface area contributed by atoms with Crippen molar-refractivity contribution in [1.82, 2.24) is 0 Å². The first kappa shape index (κ1) is 28.8. The van der Waals surface area contributed by atoms with Gasteiger partial charge in [0.15, 0.2) is 0 Å². The molecule has 0 spiro atoms. The van der Waals surface area contributed by atoms with Gasteiger partial charge in [0.25, 0.3) is 0 Å². The van der Waals surface area contributed by atoms with Gasteiger partial charge in [0.1, 0.15) is 11.5 Å². The zero-order chi connectivity index (χ0) is 22.5. The summed E-state index contributed by atoms with van der Waals surface area (Å²) in [6.45, 7) is 2.80. The second kappa shape index (κ2) is 16.4. The van der Waals surface area contributed by atoms with Crippen LogP contribution in [0.1, 0.15) is 32.6 Å². The van der Waals surface area contributed by atoms with Gasteiger partial charge in [0.2, 0.25) is 0 Å². The van der Waals surface area contributed by atoms with E-state index in [4.69, 9.17) is 24.3 Å². The van der Waals surface area contributed by atoms with E-state index in [2.05, 4.69) is 70.6 Å². The quantitative estimate of drug-likeness (QED) is 0.148. The van der Waals surface area contributed by atoms with Crippen LogP contribution in [0.5, 0.6) is 11.5 Å². The van der Waals surface area contributed by atoms with E-state index in [1.165, 1.54) is 12.8 Å². The van der Waals surface area contributed by atoms with Gasteiger partial charge in [-0.25, -0.2) is 0 Å². The third-order valence-corrected chi connectivity index (χ3v) is 6.64. The number of hydrogen-bond acceptors (Lipinski definition) is 4. The molecule has 2 rings (SSSR count). The first-order valence-electron chi connectivity index (χ1n) is 8.84. The third kappa shape index (κ3) is 12.7. The van der Waals surface area contributed by atoms with Gasteiger partial charge >= 0.3 is 37.9 Å². The van der Waals surface area contributed by atoms with E-state index >= 15 is 0 Å². The summed E-state index contributed by atoms with van der Waals surface area (Å²) in [5, 5.41) is 0. The molecule has 2 N–H and O–H groups in total. The Morgan fingerprint density at radius 3 is 1.73 bits per heavy atom. The van der Waals surface area contributed by atoms with Crippen LogP contribution in [0.3, 0.4) is 0 Å². The van der Waals surface area contributed by atoms with Crippen LogP contribution in [0, 0.1) is 0 Å². The number of halogens is 4. The van der Waals surface area contributed by atoms with Gasteiger partial charge in [-0.05, 0) is 74.7 Å². The van der Waals surface area contributed by atoms with E-state index in [-0.39, 0.29) is 0 Å². The Kier molecular flexibility index (Phi) is 15.8. The van der Waals surface area contributed by atoms with Crippen LogP contribution >= 0.6 is 72.3 Å². The van der Waals surface area contributed by atoms with Crippen LogP contribution in [0.15, 0.2) is 54.3 Å². The second-order valence-electron chi connectivity index (χ2n) is 5.73. The molecule has 2 aromatic rings. The van der Waals surface area contributed by atoms with Crippen LogP contribution in [0.4, 0.5) is 0 Å². The Morgan fingerprint density at radius 2 is 1.33 bits per heavy atom. The average Bonchev–Trinajstić information content (AvgIpc) is 2.65. The summed E-state index contributed by atoms with van der Waals surface area (Å²) < 4.78 is 44.8. The zero-order valence-corrected chi connectivity index (χ0v) is 24.8. The minimum absolute atomic E-state index is 0.605. The van der Waals surface area contributed by atoms with Crippen molar-refractivity contribution in [2.75, 3.05) is 6.61 Å². The Morgan fingerprint density at radius 1 is 0.867 bits per heavy atom. The van der Waals surface area contributed by atoms with E-state index in [0.29, 0.717) is 18.1 Å². The second-order valence-corrected chi connectivity index (χ2v) is 11.2. The van der Waals surface area contributed by atoms with E-state index < -0.39 is 27.2 Å². The normalized spacial score (nSPS) is 10.4. The first-order valence-corrected chi connectivity index (χ1v) is 15.1. The van der Waals surface area contributed by atoms with Crippen molar-refractivity contribution >= 4 is 72.3 Å². The Labute approximate surface area is 218 Å². The van der Waals surface area contributed by atoms with Crippen molar-refractivity contribution in [3.05, 3.63) is 54.3 Å². The summed E-state index contributed by atoms with van der Waals surface area (Å²) in [5.74, 6) is 1.36. The number of hydrogen-bond donors (Lipinski definition) is 2. The van der Waals surface area contributed by atoms with Crippen molar-refractivity contribution in [2.45, 2.75) is 32.6 Å². The molecule has 0 aliphatic rings. The molecule has 0 unspecified atom stereocenters. The van der Waals surface area contributed by atoms with Crippen molar-refractivity contribution in [1.29, 1.82) is 0 Å². The van der Waals surface area contributed by atoms with Gasteiger partial charge in [-0.3, -0.25) is 4.52 Å². The molecular formula is C18H21Br4O6PTi. The van der Waals surface area contributed by atoms with Crippen molar-refractivity contribution in [2.24, 2.45) is 0 Å². The van der Waals surface area contributed by atoms with Crippen LogP contribution < -0.4 is 9.05 Å². The number of benzene rings is 2. The SMILES string of the molecule is CCCCCCOP(Oc1ccc(Br)cc1Br)Oc1ccc(Br)cc1Br.[O]=[Ti]([OH])[OH]. The summed E-state index contributed by atoms with van der Waals surface area (Å²) in [5.41, 5.74) is 0. The molecule has 0 aromatic heterocycles. The molecule has 30 heavy (non-hydrogen) atoms.